The number of hydrogen-bond acceptors (Lipinski definition) is 4. The Morgan fingerprint density at radius 3 is 2.34 bits per heavy atom. The van der Waals surface area contributed by atoms with Crippen molar-refractivity contribution < 1.29 is 22.7 Å². The molecule has 3 fully saturated rings. The lowest BCUT2D eigenvalue weighted by Crippen LogP contribution is -2.71. The van der Waals surface area contributed by atoms with E-state index in [0.717, 1.165) is 44.6 Å². The number of carbonyl (C=O) groups is 1. The first-order chi connectivity index (χ1) is 16.9. The molecule has 35 heavy (non-hydrogen) atoms. The zero-order chi connectivity index (χ0) is 24.4. The van der Waals surface area contributed by atoms with Crippen molar-refractivity contribution in [3.63, 3.8) is 0 Å². The van der Waals surface area contributed by atoms with Crippen LogP contribution in [0.2, 0.25) is 0 Å². The van der Waals surface area contributed by atoms with Crippen molar-refractivity contribution >= 4 is 5.91 Å². The van der Waals surface area contributed by atoms with Gasteiger partial charge in [-0.25, -0.2) is 0 Å². The number of likely N-dealkylation sites (tertiary alicyclic amines) is 1. The average molecular weight is 488 g/mol. The molecule has 0 bridgehead atoms. The summed E-state index contributed by atoms with van der Waals surface area (Å²) in [6.07, 6.45) is -2.17. The van der Waals surface area contributed by atoms with Crippen LogP contribution >= 0.6 is 0 Å². The molecule has 5 rings (SSSR count). The third kappa shape index (κ3) is 5.39. The Kier molecular flexibility index (Phi) is 7.14. The number of carbonyl (C=O) groups excluding carboxylic acids is 1. The predicted octanol–water partition coefficient (Wildman–Crippen LogP) is 3.82. The number of amides is 1. The lowest BCUT2D eigenvalue weighted by atomic mass is 9.90. The minimum Gasteiger partial charge on any atom is -0.378 e. The van der Waals surface area contributed by atoms with Gasteiger partial charge < -0.3 is 9.64 Å². The summed E-state index contributed by atoms with van der Waals surface area (Å²) in [4.78, 5) is 20.4. The van der Waals surface area contributed by atoms with E-state index in [1.54, 1.807) is 6.07 Å². The molecule has 188 valence electrons. The van der Waals surface area contributed by atoms with E-state index >= 15 is 0 Å². The lowest BCUT2D eigenvalue weighted by Gasteiger charge is -2.54. The van der Waals surface area contributed by atoms with Crippen molar-refractivity contribution in [2.24, 2.45) is 0 Å². The smallest absolute Gasteiger partial charge is 0.378 e. The summed E-state index contributed by atoms with van der Waals surface area (Å²) < 4.78 is 45.7. The van der Waals surface area contributed by atoms with Crippen molar-refractivity contribution in [2.75, 3.05) is 39.4 Å². The molecule has 3 saturated heterocycles. The van der Waals surface area contributed by atoms with Gasteiger partial charge >= 0.3 is 6.18 Å². The van der Waals surface area contributed by atoms with Crippen LogP contribution in [-0.2, 0) is 28.7 Å². The van der Waals surface area contributed by atoms with Crippen molar-refractivity contribution in [1.29, 1.82) is 0 Å². The molecule has 2 unspecified atom stereocenters. The summed E-state index contributed by atoms with van der Waals surface area (Å²) in [6, 6.07) is 15.5. The minimum absolute atomic E-state index is 0.0284. The van der Waals surface area contributed by atoms with E-state index in [1.165, 1.54) is 11.6 Å². The number of nitrogens with zero attached hydrogens (tertiary/aromatic N) is 3. The van der Waals surface area contributed by atoms with E-state index in [0.29, 0.717) is 31.9 Å². The summed E-state index contributed by atoms with van der Waals surface area (Å²) in [5.41, 5.74) is 0.908. The van der Waals surface area contributed by atoms with Gasteiger partial charge in [-0.05, 0) is 43.1 Å². The molecule has 3 aliphatic heterocycles. The maximum atomic E-state index is 13.6. The maximum Gasteiger partial charge on any atom is 0.416 e. The normalized spacial score (nSPS) is 26.0. The highest BCUT2D eigenvalue weighted by atomic mass is 19.4. The van der Waals surface area contributed by atoms with E-state index < -0.39 is 11.7 Å². The summed E-state index contributed by atoms with van der Waals surface area (Å²) in [5.74, 6) is -0.107. The van der Waals surface area contributed by atoms with Crippen LogP contribution in [0.15, 0.2) is 54.6 Å². The molecule has 0 saturated carbocycles. The maximum absolute atomic E-state index is 13.6. The fourth-order valence-electron chi connectivity index (χ4n) is 5.88. The topological polar surface area (TPSA) is 36.0 Å². The van der Waals surface area contributed by atoms with Gasteiger partial charge in [-0.2, -0.15) is 13.2 Å². The quantitative estimate of drug-likeness (QED) is 0.643. The number of halogens is 3. The van der Waals surface area contributed by atoms with Crippen LogP contribution in [0, 0.1) is 0 Å². The number of hydrogen-bond donors (Lipinski definition) is 0. The summed E-state index contributed by atoms with van der Waals surface area (Å²) in [5, 5.41) is 0. The number of rotatable bonds is 5. The highest BCUT2D eigenvalue weighted by molar-refractivity contribution is 5.79. The molecule has 5 nitrogen and oxygen atoms in total. The number of alkyl halides is 3. The van der Waals surface area contributed by atoms with Crippen LogP contribution in [0.3, 0.4) is 0 Å². The molecule has 8 heteroatoms. The predicted molar refractivity (Wildman–Crippen MR) is 127 cm³/mol. The molecule has 0 aromatic heterocycles. The first-order valence-corrected chi connectivity index (χ1v) is 12.5. The van der Waals surface area contributed by atoms with Gasteiger partial charge in [0.05, 0.1) is 43.3 Å². The van der Waals surface area contributed by atoms with Crippen molar-refractivity contribution in [2.45, 2.75) is 50.1 Å². The number of benzene rings is 2. The fraction of sp³-hybridized carbons (Fsp3) is 0.519. The van der Waals surface area contributed by atoms with Gasteiger partial charge in [-0.15, -0.1) is 0 Å². The first kappa shape index (κ1) is 24.3. The van der Waals surface area contributed by atoms with E-state index in [-0.39, 0.29) is 30.5 Å². The van der Waals surface area contributed by atoms with Gasteiger partial charge in [0.25, 0.3) is 0 Å². The fourth-order valence-corrected chi connectivity index (χ4v) is 5.88. The monoisotopic (exact) mass is 487 g/mol. The van der Waals surface area contributed by atoms with Gasteiger partial charge in [-0.3, -0.25) is 14.6 Å². The Labute approximate surface area is 204 Å². The first-order valence-electron chi connectivity index (χ1n) is 12.5. The van der Waals surface area contributed by atoms with E-state index in [2.05, 4.69) is 21.9 Å². The van der Waals surface area contributed by atoms with E-state index in [9.17, 15) is 18.0 Å². The van der Waals surface area contributed by atoms with E-state index in [1.807, 2.05) is 23.1 Å². The van der Waals surface area contributed by atoms with Crippen LogP contribution in [0.4, 0.5) is 13.2 Å². The number of fused-ring (bicyclic) bond motifs is 1. The molecule has 2 aromatic rings. The molecule has 2 aromatic carbocycles. The molecular formula is C27H32F3N3O2. The van der Waals surface area contributed by atoms with Crippen LogP contribution in [0.25, 0.3) is 0 Å². The number of piperazine rings is 1. The Hall–Kier alpha value is -2.42. The Balaban J connectivity index is 1.39. The second kappa shape index (κ2) is 10.3. The molecule has 0 aliphatic carbocycles. The second-order valence-corrected chi connectivity index (χ2v) is 9.82. The lowest BCUT2D eigenvalue weighted by molar-refractivity contribution is -0.153. The average Bonchev–Trinajstić information content (AvgIpc) is 3.39. The van der Waals surface area contributed by atoms with Gasteiger partial charge in [0, 0.05) is 19.6 Å². The molecule has 3 atom stereocenters. The van der Waals surface area contributed by atoms with Crippen molar-refractivity contribution in [3.05, 3.63) is 71.3 Å². The standard InChI is InChI=1S/C27H32F3N3O2/c28-27(29,30)22-10-6-9-21(15-22)16-25(34)33-14-13-32(17-20-7-2-1-3-8-20)24-19-35-18-23(26(24)33)31-11-4-5-12-31/h1-3,6-10,15,23-24,26H,4-5,11-14,16-19H2/t23?,24?,26-/m1/s1. The summed E-state index contributed by atoms with van der Waals surface area (Å²) >= 11 is 0. The van der Waals surface area contributed by atoms with Crippen LogP contribution in [0.5, 0.6) is 0 Å². The molecule has 3 heterocycles. The third-order valence-corrected chi connectivity index (χ3v) is 7.59. The van der Waals surface area contributed by atoms with Crippen molar-refractivity contribution in [3.8, 4) is 0 Å². The highest BCUT2D eigenvalue weighted by Gasteiger charge is 2.47. The highest BCUT2D eigenvalue weighted by Crippen LogP contribution is 2.32. The molecule has 3 aliphatic rings. The molecule has 0 radical (unpaired) electrons. The SMILES string of the molecule is O=C(Cc1cccc(C(F)(F)F)c1)N1CCN(Cc2ccccc2)C2COCC(N3CCCC3)[C@H]21. The summed E-state index contributed by atoms with van der Waals surface area (Å²) in [7, 11) is 0. The largest absolute Gasteiger partial charge is 0.416 e. The van der Waals surface area contributed by atoms with E-state index in [4.69, 9.17) is 4.74 Å². The van der Waals surface area contributed by atoms with Gasteiger partial charge in [0.2, 0.25) is 5.91 Å². The zero-order valence-corrected chi connectivity index (χ0v) is 19.8. The zero-order valence-electron chi connectivity index (χ0n) is 19.8. The van der Waals surface area contributed by atoms with Crippen LogP contribution in [-0.4, -0.2) is 78.1 Å². The van der Waals surface area contributed by atoms with Crippen LogP contribution < -0.4 is 0 Å². The van der Waals surface area contributed by atoms with Crippen LogP contribution in [0.1, 0.15) is 29.5 Å². The van der Waals surface area contributed by atoms with Crippen molar-refractivity contribution in [1.82, 2.24) is 14.7 Å². The Morgan fingerprint density at radius 2 is 1.60 bits per heavy atom. The molecule has 0 spiro atoms. The van der Waals surface area contributed by atoms with Gasteiger partial charge in [-0.1, -0.05) is 48.5 Å². The molecular weight excluding hydrogens is 455 g/mol. The number of ether oxygens (including phenoxy) is 1. The second-order valence-electron chi connectivity index (χ2n) is 9.82. The third-order valence-electron chi connectivity index (χ3n) is 7.59. The minimum atomic E-state index is -4.42. The van der Waals surface area contributed by atoms with Gasteiger partial charge in [0.15, 0.2) is 0 Å². The molecule has 0 N–H and O–H groups in total. The Morgan fingerprint density at radius 1 is 0.886 bits per heavy atom. The molecule has 1 amide bonds. The Bertz CT molecular complexity index is 1010. The summed E-state index contributed by atoms with van der Waals surface area (Å²) in [6.45, 7) is 5.17. The van der Waals surface area contributed by atoms with Gasteiger partial charge in [0.1, 0.15) is 0 Å².